The van der Waals surface area contributed by atoms with E-state index in [-0.39, 0.29) is 18.5 Å². The van der Waals surface area contributed by atoms with Crippen molar-refractivity contribution in [3.05, 3.63) is 53.4 Å². The Morgan fingerprint density at radius 3 is 2.77 bits per heavy atom. The number of carbonyl (C=O) groups is 1. The molecule has 0 aliphatic carbocycles. The zero-order valence-corrected chi connectivity index (χ0v) is 13.1. The molecule has 0 aliphatic rings. The minimum absolute atomic E-state index is 0.00827. The molecule has 0 fully saturated rings. The molecule has 22 heavy (non-hydrogen) atoms. The van der Waals surface area contributed by atoms with Crippen molar-refractivity contribution in [1.82, 2.24) is 10.6 Å². The molecule has 0 radical (unpaired) electrons. The van der Waals surface area contributed by atoms with Gasteiger partial charge in [0.1, 0.15) is 18.1 Å². The van der Waals surface area contributed by atoms with Crippen LogP contribution in [0.3, 0.4) is 0 Å². The zero-order valence-electron chi connectivity index (χ0n) is 12.3. The number of hydrogen-bond acceptors (Lipinski definition) is 4. The Kier molecular flexibility index (Phi) is 6.30. The zero-order chi connectivity index (χ0) is 15.8. The van der Waals surface area contributed by atoms with Crippen LogP contribution in [0.2, 0.25) is 5.02 Å². The van der Waals surface area contributed by atoms with Gasteiger partial charge in [-0.05, 0) is 43.3 Å². The van der Waals surface area contributed by atoms with Gasteiger partial charge in [0.05, 0.1) is 25.4 Å². The highest BCUT2D eigenvalue weighted by Crippen LogP contribution is 2.15. The number of carbonyl (C=O) groups excluding carboxylic acids is 1. The van der Waals surface area contributed by atoms with Crippen LogP contribution in [0.5, 0.6) is 5.75 Å². The third-order valence-electron chi connectivity index (χ3n) is 3.05. The summed E-state index contributed by atoms with van der Waals surface area (Å²) in [5.74, 6) is 1.44. The minimum Gasteiger partial charge on any atom is -0.492 e. The first kappa shape index (κ1) is 16.4. The minimum atomic E-state index is -0.0851. The third-order valence-corrected chi connectivity index (χ3v) is 3.30. The van der Waals surface area contributed by atoms with E-state index < -0.39 is 0 Å². The second-order valence-electron chi connectivity index (χ2n) is 4.77. The molecule has 6 heteroatoms. The Balaban J connectivity index is 1.58. The van der Waals surface area contributed by atoms with Crippen LogP contribution in [0.15, 0.2) is 47.1 Å². The smallest absolute Gasteiger partial charge is 0.234 e. The summed E-state index contributed by atoms with van der Waals surface area (Å²) < 4.78 is 10.7. The molecule has 2 aromatic rings. The lowest BCUT2D eigenvalue weighted by Gasteiger charge is -2.11. The number of ether oxygens (including phenoxy) is 1. The van der Waals surface area contributed by atoms with Crippen molar-refractivity contribution in [2.45, 2.75) is 13.0 Å². The van der Waals surface area contributed by atoms with Gasteiger partial charge in [0.15, 0.2) is 0 Å². The summed E-state index contributed by atoms with van der Waals surface area (Å²) in [5.41, 5.74) is 0. The second-order valence-corrected chi connectivity index (χ2v) is 5.21. The first-order chi connectivity index (χ1) is 10.6. The van der Waals surface area contributed by atoms with Crippen molar-refractivity contribution in [2.24, 2.45) is 0 Å². The van der Waals surface area contributed by atoms with Gasteiger partial charge in [0.2, 0.25) is 5.91 Å². The summed E-state index contributed by atoms with van der Waals surface area (Å²) in [5, 5.41) is 6.53. The van der Waals surface area contributed by atoms with Crippen LogP contribution in [0.4, 0.5) is 0 Å². The molecular formula is C16H19ClN2O3. The number of rotatable bonds is 8. The van der Waals surface area contributed by atoms with Crippen molar-refractivity contribution in [3.63, 3.8) is 0 Å². The molecule has 1 aromatic heterocycles. The van der Waals surface area contributed by atoms with Crippen LogP contribution in [0.1, 0.15) is 18.7 Å². The van der Waals surface area contributed by atoms with E-state index in [4.69, 9.17) is 20.8 Å². The summed E-state index contributed by atoms with van der Waals surface area (Å²) in [6, 6.07) is 10.8. The maximum Gasteiger partial charge on any atom is 0.234 e. The van der Waals surface area contributed by atoms with Gasteiger partial charge >= 0.3 is 0 Å². The van der Waals surface area contributed by atoms with E-state index in [9.17, 15) is 4.79 Å². The first-order valence-electron chi connectivity index (χ1n) is 7.07. The Morgan fingerprint density at radius 1 is 1.32 bits per heavy atom. The molecule has 0 spiro atoms. The van der Waals surface area contributed by atoms with Crippen LogP contribution >= 0.6 is 11.6 Å². The molecule has 5 nitrogen and oxygen atoms in total. The SMILES string of the molecule is C[C@H](NCC(=O)NCCOc1ccc(Cl)cc1)c1ccco1. The van der Waals surface area contributed by atoms with Crippen LogP contribution in [-0.4, -0.2) is 25.6 Å². The first-order valence-corrected chi connectivity index (χ1v) is 7.45. The Morgan fingerprint density at radius 2 is 2.09 bits per heavy atom. The topological polar surface area (TPSA) is 63.5 Å². The quantitative estimate of drug-likeness (QED) is 0.734. The number of hydrogen-bond donors (Lipinski definition) is 2. The molecule has 0 aliphatic heterocycles. The number of halogens is 1. The molecule has 0 saturated carbocycles. The molecule has 1 atom stereocenters. The number of benzene rings is 1. The second kappa shape index (κ2) is 8.46. The van der Waals surface area contributed by atoms with Gasteiger partial charge in [0.25, 0.3) is 0 Å². The standard InChI is InChI=1S/C16H19ClN2O3/c1-12(15-3-2-9-22-15)19-11-16(20)18-8-10-21-14-6-4-13(17)5-7-14/h2-7,9,12,19H,8,10-11H2,1H3,(H,18,20)/t12-/m0/s1. The summed E-state index contributed by atoms with van der Waals surface area (Å²) in [7, 11) is 0. The lowest BCUT2D eigenvalue weighted by atomic mass is 10.2. The van der Waals surface area contributed by atoms with E-state index in [1.807, 2.05) is 19.1 Å². The highest BCUT2D eigenvalue weighted by atomic mass is 35.5. The van der Waals surface area contributed by atoms with E-state index >= 15 is 0 Å². The summed E-state index contributed by atoms with van der Waals surface area (Å²) in [4.78, 5) is 11.7. The fraction of sp³-hybridized carbons (Fsp3) is 0.312. The maximum absolute atomic E-state index is 11.7. The molecule has 2 rings (SSSR count). The van der Waals surface area contributed by atoms with Crippen LogP contribution in [-0.2, 0) is 4.79 Å². The molecule has 0 bridgehead atoms. The average Bonchev–Trinajstić information content (AvgIpc) is 3.05. The maximum atomic E-state index is 11.7. The van der Waals surface area contributed by atoms with Crippen molar-refractivity contribution in [1.29, 1.82) is 0 Å². The molecule has 0 saturated heterocycles. The van der Waals surface area contributed by atoms with Gasteiger partial charge in [-0.25, -0.2) is 0 Å². The van der Waals surface area contributed by atoms with Crippen molar-refractivity contribution in [3.8, 4) is 5.75 Å². The summed E-state index contributed by atoms with van der Waals surface area (Å²) in [6.45, 7) is 3.01. The lowest BCUT2D eigenvalue weighted by Crippen LogP contribution is -2.36. The highest BCUT2D eigenvalue weighted by molar-refractivity contribution is 6.30. The van der Waals surface area contributed by atoms with E-state index in [0.717, 1.165) is 11.5 Å². The number of amides is 1. The molecule has 118 valence electrons. The van der Waals surface area contributed by atoms with Crippen LogP contribution in [0.25, 0.3) is 0 Å². The van der Waals surface area contributed by atoms with E-state index in [2.05, 4.69) is 10.6 Å². The molecular weight excluding hydrogens is 304 g/mol. The highest BCUT2D eigenvalue weighted by Gasteiger charge is 2.09. The van der Waals surface area contributed by atoms with Gasteiger partial charge in [-0.2, -0.15) is 0 Å². The Labute approximate surface area is 134 Å². The van der Waals surface area contributed by atoms with Gasteiger partial charge < -0.3 is 14.5 Å². The van der Waals surface area contributed by atoms with Crippen LogP contribution < -0.4 is 15.4 Å². The molecule has 1 amide bonds. The van der Waals surface area contributed by atoms with E-state index in [1.165, 1.54) is 0 Å². The third kappa shape index (κ3) is 5.42. The summed E-state index contributed by atoms with van der Waals surface area (Å²) in [6.07, 6.45) is 1.61. The van der Waals surface area contributed by atoms with Crippen molar-refractivity contribution >= 4 is 17.5 Å². The van der Waals surface area contributed by atoms with Crippen LogP contribution in [0, 0.1) is 0 Å². The number of nitrogens with one attached hydrogen (secondary N) is 2. The van der Waals surface area contributed by atoms with Gasteiger partial charge in [-0.15, -0.1) is 0 Å². The van der Waals surface area contributed by atoms with E-state index in [1.54, 1.807) is 30.5 Å². The molecule has 0 unspecified atom stereocenters. The van der Waals surface area contributed by atoms with Gasteiger partial charge in [0, 0.05) is 5.02 Å². The predicted molar refractivity (Wildman–Crippen MR) is 85.1 cm³/mol. The normalized spacial score (nSPS) is 11.9. The predicted octanol–water partition coefficient (Wildman–Crippen LogP) is 2.78. The monoisotopic (exact) mass is 322 g/mol. The average molecular weight is 323 g/mol. The molecule has 2 N–H and O–H groups in total. The molecule has 1 heterocycles. The van der Waals surface area contributed by atoms with Gasteiger partial charge in [-0.3, -0.25) is 10.1 Å². The lowest BCUT2D eigenvalue weighted by molar-refractivity contribution is -0.120. The molecule has 1 aromatic carbocycles. The number of furan rings is 1. The largest absolute Gasteiger partial charge is 0.492 e. The Hall–Kier alpha value is -1.98. The fourth-order valence-corrected chi connectivity index (χ4v) is 1.96. The van der Waals surface area contributed by atoms with E-state index in [0.29, 0.717) is 18.2 Å². The fourth-order valence-electron chi connectivity index (χ4n) is 1.84. The van der Waals surface area contributed by atoms with Crippen molar-refractivity contribution < 1.29 is 13.9 Å². The summed E-state index contributed by atoms with van der Waals surface area (Å²) >= 11 is 5.79. The van der Waals surface area contributed by atoms with Gasteiger partial charge in [-0.1, -0.05) is 11.6 Å². The Bertz CT molecular complexity index is 570. The van der Waals surface area contributed by atoms with Crippen molar-refractivity contribution in [2.75, 3.05) is 19.7 Å².